The molecule has 2 amide bonds. The van der Waals surface area contributed by atoms with Crippen LogP contribution in [0, 0.1) is 0 Å². The number of carbonyl (C=O) groups excluding carboxylic acids is 2. The third kappa shape index (κ3) is 17.9. The lowest BCUT2D eigenvalue weighted by atomic mass is 10.2. The fraction of sp³-hybridized carbons (Fsp3) is 0.875. The van der Waals surface area contributed by atoms with Gasteiger partial charge in [0, 0.05) is 57.8 Å². The maximum absolute atomic E-state index is 11.5. The van der Waals surface area contributed by atoms with Crippen LogP contribution in [0.2, 0.25) is 0 Å². The zero-order valence-electron chi connectivity index (χ0n) is 14.7. The Morgan fingerprint density at radius 1 is 0.875 bits per heavy atom. The highest BCUT2D eigenvalue weighted by Gasteiger charge is 2.02. The molecule has 3 N–H and O–H groups in total. The van der Waals surface area contributed by atoms with Crippen LogP contribution in [0.25, 0.3) is 0 Å². The van der Waals surface area contributed by atoms with Crippen molar-refractivity contribution in [1.82, 2.24) is 10.6 Å². The molecule has 0 aromatic carbocycles. The van der Waals surface area contributed by atoms with Crippen molar-refractivity contribution in [3.8, 4) is 0 Å². The Kier molecular flexibility index (Phi) is 18.5. The summed E-state index contributed by atoms with van der Waals surface area (Å²) in [5.74, 6) is 1.91. The van der Waals surface area contributed by atoms with Gasteiger partial charge in [0.25, 0.3) is 0 Å². The van der Waals surface area contributed by atoms with Crippen molar-refractivity contribution in [2.45, 2.75) is 44.9 Å². The molecule has 0 saturated carbocycles. The highest BCUT2D eigenvalue weighted by molar-refractivity contribution is 8.76. The van der Waals surface area contributed by atoms with Gasteiger partial charge in [-0.2, -0.15) is 0 Å². The molecular weight excluding hydrogens is 348 g/mol. The van der Waals surface area contributed by atoms with E-state index in [1.165, 1.54) is 0 Å². The Morgan fingerprint density at radius 2 is 1.42 bits per heavy atom. The summed E-state index contributed by atoms with van der Waals surface area (Å²) in [6.45, 7) is 2.25. The smallest absolute Gasteiger partial charge is 0.220 e. The zero-order chi connectivity index (χ0) is 17.9. The number of hydrogen-bond acceptors (Lipinski definition) is 6. The van der Waals surface area contributed by atoms with Crippen molar-refractivity contribution in [2.24, 2.45) is 0 Å². The summed E-state index contributed by atoms with van der Waals surface area (Å²) in [5, 5.41) is 14.4. The Morgan fingerprint density at radius 3 is 1.92 bits per heavy atom. The number of ether oxygens (including phenoxy) is 1. The van der Waals surface area contributed by atoms with E-state index in [0.29, 0.717) is 32.5 Å². The Labute approximate surface area is 153 Å². The lowest BCUT2D eigenvalue weighted by Gasteiger charge is -2.06. The maximum Gasteiger partial charge on any atom is 0.220 e. The monoisotopic (exact) mass is 380 g/mol. The molecule has 0 aliphatic heterocycles. The van der Waals surface area contributed by atoms with Crippen LogP contribution < -0.4 is 10.6 Å². The SMILES string of the molecule is COCCCCC(=O)NCCSSCCNC(=O)CCCCCO. The molecular formula is C16H32N2O4S2. The molecule has 0 radical (unpaired) electrons. The molecule has 24 heavy (non-hydrogen) atoms. The molecule has 0 rings (SSSR count). The van der Waals surface area contributed by atoms with E-state index in [4.69, 9.17) is 9.84 Å². The zero-order valence-corrected chi connectivity index (χ0v) is 16.3. The van der Waals surface area contributed by atoms with Gasteiger partial charge in [0.1, 0.15) is 0 Å². The first-order chi connectivity index (χ1) is 11.7. The summed E-state index contributed by atoms with van der Waals surface area (Å²) >= 11 is 0. The minimum Gasteiger partial charge on any atom is -0.396 e. The summed E-state index contributed by atoms with van der Waals surface area (Å²) in [6, 6.07) is 0. The lowest BCUT2D eigenvalue weighted by Crippen LogP contribution is -2.26. The van der Waals surface area contributed by atoms with Crippen LogP contribution in [-0.4, -0.2) is 61.8 Å². The summed E-state index contributed by atoms with van der Waals surface area (Å²) in [5.41, 5.74) is 0. The van der Waals surface area contributed by atoms with Crippen LogP contribution in [-0.2, 0) is 14.3 Å². The van der Waals surface area contributed by atoms with Crippen molar-refractivity contribution in [3.05, 3.63) is 0 Å². The summed E-state index contributed by atoms with van der Waals surface area (Å²) in [6.07, 6.45) is 5.37. The topological polar surface area (TPSA) is 87.7 Å². The van der Waals surface area contributed by atoms with Crippen molar-refractivity contribution < 1.29 is 19.4 Å². The fourth-order valence-corrected chi connectivity index (χ4v) is 3.68. The molecule has 0 atom stereocenters. The molecule has 142 valence electrons. The largest absolute Gasteiger partial charge is 0.396 e. The fourth-order valence-electron chi connectivity index (χ4n) is 1.86. The number of aliphatic hydroxyl groups is 1. The van der Waals surface area contributed by atoms with E-state index in [9.17, 15) is 9.59 Å². The quantitative estimate of drug-likeness (QED) is 0.264. The van der Waals surface area contributed by atoms with E-state index >= 15 is 0 Å². The molecule has 0 aromatic heterocycles. The number of aliphatic hydroxyl groups excluding tert-OH is 1. The van der Waals surface area contributed by atoms with E-state index in [-0.39, 0.29) is 18.4 Å². The van der Waals surface area contributed by atoms with Crippen molar-refractivity contribution in [2.75, 3.05) is 44.9 Å². The van der Waals surface area contributed by atoms with Gasteiger partial charge in [-0.25, -0.2) is 0 Å². The van der Waals surface area contributed by atoms with Crippen LogP contribution in [0.3, 0.4) is 0 Å². The Bertz CT molecular complexity index is 290. The second-order valence-corrected chi connectivity index (χ2v) is 8.03. The summed E-state index contributed by atoms with van der Waals surface area (Å²) in [4.78, 5) is 23.0. The van der Waals surface area contributed by atoms with Gasteiger partial charge in [0.05, 0.1) is 0 Å². The van der Waals surface area contributed by atoms with Crippen LogP contribution >= 0.6 is 21.6 Å². The van der Waals surface area contributed by atoms with Crippen LogP contribution in [0.1, 0.15) is 44.9 Å². The molecule has 0 aliphatic carbocycles. The highest BCUT2D eigenvalue weighted by atomic mass is 33.1. The van der Waals surface area contributed by atoms with E-state index in [1.54, 1.807) is 28.7 Å². The molecule has 0 aliphatic rings. The van der Waals surface area contributed by atoms with Crippen LogP contribution in [0.15, 0.2) is 0 Å². The van der Waals surface area contributed by atoms with Gasteiger partial charge in [-0.05, 0) is 25.7 Å². The van der Waals surface area contributed by atoms with Gasteiger partial charge >= 0.3 is 0 Å². The van der Waals surface area contributed by atoms with Crippen molar-refractivity contribution in [1.29, 1.82) is 0 Å². The molecule has 0 fully saturated rings. The number of rotatable bonds is 17. The van der Waals surface area contributed by atoms with Crippen molar-refractivity contribution in [3.63, 3.8) is 0 Å². The number of nitrogens with one attached hydrogen (secondary N) is 2. The first kappa shape index (κ1) is 23.6. The molecule has 0 bridgehead atoms. The highest BCUT2D eigenvalue weighted by Crippen LogP contribution is 2.19. The number of unbranched alkanes of at least 4 members (excludes halogenated alkanes) is 3. The molecule has 0 spiro atoms. The number of carbonyl (C=O) groups is 2. The third-order valence-electron chi connectivity index (χ3n) is 3.16. The second kappa shape index (κ2) is 18.9. The first-order valence-electron chi connectivity index (χ1n) is 8.58. The minimum absolute atomic E-state index is 0.0827. The van der Waals surface area contributed by atoms with E-state index in [2.05, 4.69) is 10.6 Å². The average Bonchev–Trinajstić information content (AvgIpc) is 2.58. The Hall–Kier alpha value is -0.440. The molecule has 6 nitrogen and oxygen atoms in total. The number of methoxy groups -OCH3 is 1. The molecule has 0 heterocycles. The van der Waals surface area contributed by atoms with Gasteiger partial charge in [0.15, 0.2) is 0 Å². The predicted molar refractivity (Wildman–Crippen MR) is 102 cm³/mol. The number of hydrogen-bond donors (Lipinski definition) is 3. The maximum atomic E-state index is 11.5. The second-order valence-electron chi connectivity index (χ2n) is 5.33. The van der Waals surface area contributed by atoms with Crippen LogP contribution in [0.5, 0.6) is 0 Å². The molecule has 8 heteroatoms. The molecule has 0 saturated heterocycles. The summed E-state index contributed by atoms with van der Waals surface area (Å²) < 4.78 is 4.94. The van der Waals surface area contributed by atoms with Crippen LogP contribution in [0.4, 0.5) is 0 Å². The minimum atomic E-state index is 0.0827. The lowest BCUT2D eigenvalue weighted by molar-refractivity contribution is -0.121. The van der Waals surface area contributed by atoms with E-state index in [0.717, 1.165) is 43.6 Å². The van der Waals surface area contributed by atoms with E-state index < -0.39 is 0 Å². The normalized spacial score (nSPS) is 10.6. The van der Waals surface area contributed by atoms with Gasteiger partial charge in [-0.15, -0.1) is 0 Å². The standard InChI is InChI=1S/C16H32N2O4S2/c1-22-12-6-4-8-16(21)18-10-14-24-23-13-9-17-15(20)7-3-2-5-11-19/h19H,2-14H2,1H3,(H,17,20)(H,18,21). The van der Waals surface area contributed by atoms with Gasteiger partial charge in [-0.3, -0.25) is 9.59 Å². The van der Waals surface area contributed by atoms with Crippen molar-refractivity contribution >= 4 is 33.4 Å². The first-order valence-corrected chi connectivity index (χ1v) is 11.1. The van der Waals surface area contributed by atoms with Gasteiger partial charge in [0.2, 0.25) is 11.8 Å². The van der Waals surface area contributed by atoms with Gasteiger partial charge in [-0.1, -0.05) is 28.0 Å². The molecule has 0 unspecified atom stereocenters. The average molecular weight is 381 g/mol. The van der Waals surface area contributed by atoms with E-state index in [1.807, 2.05) is 0 Å². The third-order valence-corrected chi connectivity index (χ3v) is 5.57. The van der Waals surface area contributed by atoms with Gasteiger partial charge < -0.3 is 20.5 Å². The number of amides is 2. The molecule has 0 aromatic rings. The summed E-state index contributed by atoms with van der Waals surface area (Å²) in [7, 11) is 5.08. The Balaban J connectivity index is 3.24. The predicted octanol–water partition coefficient (Wildman–Crippen LogP) is 1.97.